The molecule has 2 fully saturated rings. The average Bonchev–Trinajstić information content (AvgIpc) is 2.17. The van der Waals surface area contributed by atoms with Crippen molar-refractivity contribution in [2.24, 2.45) is 0 Å². The van der Waals surface area contributed by atoms with E-state index in [0.29, 0.717) is 12.8 Å². The van der Waals surface area contributed by atoms with Crippen LogP contribution in [-0.4, -0.2) is 37.0 Å². The molecule has 1 heterocycles. The van der Waals surface area contributed by atoms with Gasteiger partial charge >= 0.3 is 0 Å². The van der Waals surface area contributed by atoms with Crippen LogP contribution in [0.25, 0.3) is 0 Å². The van der Waals surface area contributed by atoms with Crippen LogP contribution in [0.2, 0.25) is 0 Å². The Labute approximate surface area is 65.1 Å². The van der Waals surface area contributed by atoms with Crippen molar-refractivity contribution in [2.45, 2.75) is 31.2 Å². The Hall–Kier alpha value is -0.160. The van der Waals surface area contributed by atoms with E-state index in [9.17, 15) is 5.11 Å². The molecule has 3 atom stereocenters. The second-order valence-corrected chi connectivity index (χ2v) is 2.98. The Morgan fingerprint density at radius 3 is 2.09 bits per heavy atom. The SMILES string of the molecule is O[C@@H]1C[C@@H]2OCOCO[C@@H]2C1. The summed E-state index contributed by atoms with van der Waals surface area (Å²) in [7, 11) is 0. The predicted octanol–water partition coefficient (Wildman–Crippen LogP) is -0.143. The molecule has 1 N–H and O–H groups in total. The highest BCUT2D eigenvalue weighted by Crippen LogP contribution is 2.26. The molecule has 4 nitrogen and oxygen atoms in total. The van der Waals surface area contributed by atoms with Gasteiger partial charge in [-0.25, -0.2) is 0 Å². The predicted molar refractivity (Wildman–Crippen MR) is 35.8 cm³/mol. The Balaban J connectivity index is 1.96. The summed E-state index contributed by atoms with van der Waals surface area (Å²) in [6.07, 6.45) is 1.16. The molecule has 64 valence electrons. The van der Waals surface area contributed by atoms with Gasteiger partial charge in [-0.15, -0.1) is 0 Å². The molecule has 0 aromatic rings. The molecule has 0 aromatic heterocycles. The lowest BCUT2D eigenvalue weighted by Crippen LogP contribution is -2.23. The first-order valence-corrected chi connectivity index (χ1v) is 3.85. The molecular weight excluding hydrogens is 148 g/mol. The molecule has 1 saturated carbocycles. The molecule has 4 heteroatoms. The number of fused-ring (bicyclic) bond motifs is 1. The van der Waals surface area contributed by atoms with Gasteiger partial charge in [-0.3, -0.25) is 0 Å². The molecule has 1 aliphatic carbocycles. The van der Waals surface area contributed by atoms with Gasteiger partial charge in [0.15, 0.2) is 0 Å². The maximum atomic E-state index is 9.25. The molecule has 0 aromatic carbocycles. The third kappa shape index (κ3) is 1.54. The van der Waals surface area contributed by atoms with E-state index in [0.717, 1.165) is 0 Å². The molecule has 1 aliphatic heterocycles. The molecule has 0 amide bonds. The fourth-order valence-corrected chi connectivity index (χ4v) is 1.59. The van der Waals surface area contributed by atoms with Gasteiger partial charge < -0.3 is 19.3 Å². The van der Waals surface area contributed by atoms with Crippen LogP contribution in [0, 0.1) is 0 Å². The molecule has 1 saturated heterocycles. The Morgan fingerprint density at radius 1 is 1.00 bits per heavy atom. The smallest absolute Gasteiger partial charge is 0.150 e. The van der Waals surface area contributed by atoms with Crippen molar-refractivity contribution in [1.29, 1.82) is 0 Å². The summed E-state index contributed by atoms with van der Waals surface area (Å²) in [4.78, 5) is 0. The molecule has 0 bridgehead atoms. The van der Waals surface area contributed by atoms with Gasteiger partial charge in [-0.05, 0) is 0 Å². The van der Waals surface area contributed by atoms with Crippen molar-refractivity contribution < 1.29 is 19.3 Å². The van der Waals surface area contributed by atoms with Crippen molar-refractivity contribution >= 4 is 0 Å². The number of rotatable bonds is 0. The number of ether oxygens (including phenoxy) is 3. The maximum absolute atomic E-state index is 9.25. The first kappa shape index (κ1) is 7.49. The molecule has 11 heavy (non-hydrogen) atoms. The van der Waals surface area contributed by atoms with Gasteiger partial charge in [0.05, 0.1) is 18.3 Å². The molecule has 0 unspecified atom stereocenters. The highest BCUT2D eigenvalue weighted by Gasteiger charge is 2.36. The minimum atomic E-state index is -0.261. The van der Waals surface area contributed by atoms with Gasteiger partial charge in [0.25, 0.3) is 0 Å². The van der Waals surface area contributed by atoms with Crippen molar-refractivity contribution in [1.82, 2.24) is 0 Å². The van der Waals surface area contributed by atoms with Crippen molar-refractivity contribution in [3.05, 3.63) is 0 Å². The summed E-state index contributed by atoms with van der Waals surface area (Å²) in [5, 5.41) is 9.25. The van der Waals surface area contributed by atoms with E-state index in [1.807, 2.05) is 0 Å². The fraction of sp³-hybridized carbons (Fsp3) is 1.00. The standard InChI is InChI=1S/C7H12O4/c8-5-1-6-7(2-5)11-4-9-3-10-6/h5-8H,1-4H2/t5-,6+,7-. The van der Waals surface area contributed by atoms with Gasteiger partial charge in [-0.1, -0.05) is 0 Å². The number of aliphatic hydroxyl groups excluding tert-OH is 1. The van der Waals surface area contributed by atoms with Crippen LogP contribution in [0.4, 0.5) is 0 Å². The van der Waals surface area contributed by atoms with Crippen LogP contribution in [0.1, 0.15) is 12.8 Å². The summed E-state index contributed by atoms with van der Waals surface area (Å²) >= 11 is 0. The number of hydrogen-bond acceptors (Lipinski definition) is 4. The lowest BCUT2D eigenvalue weighted by molar-refractivity contribution is -0.0960. The summed E-state index contributed by atoms with van der Waals surface area (Å²) in [5.74, 6) is 0. The largest absolute Gasteiger partial charge is 0.393 e. The van der Waals surface area contributed by atoms with Crippen molar-refractivity contribution in [3.63, 3.8) is 0 Å². The highest BCUT2D eigenvalue weighted by molar-refractivity contribution is 4.85. The second kappa shape index (κ2) is 3.06. The highest BCUT2D eigenvalue weighted by atomic mass is 16.8. The zero-order valence-electron chi connectivity index (χ0n) is 6.23. The van der Waals surface area contributed by atoms with Crippen LogP contribution in [-0.2, 0) is 14.2 Å². The zero-order valence-corrected chi connectivity index (χ0v) is 6.23. The summed E-state index contributed by atoms with van der Waals surface area (Å²) in [6.45, 7) is 0.571. The Morgan fingerprint density at radius 2 is 1.55 bits per heavy atom. The molecule has 0 radical (unpaired) electrons. The minimum Gasteiger partial charge on any atom is -0.393 e. The van der Waals surface area contributed by atoms with E-state index in [1.54, 1.807) is 0 Å². The third-order valence-electron chi connectivity index (χ3n) is 2.15. The normalized spacial score (nSPS) is 45.0. The van der Waals surface area contributed by atoms with E-state index >= 15 is 0 Å². The fourth-order valence-electron chi connectivity index (χ4n) is 1.59. The zero-order chi connectivity index (χ0) is 7.68. The quantitative estimate of drug-likeness (QED) is 0.535. The molecule has 0 spiro atoms. The topological polar surface area (TPSA) is 47.9 Å². The monoisotopic (exact) mass is 160 g/mol. The van der Waals surface area contributed by atoms with Gasteiger partial charge in [0.1, 0.15) is 13.6 Å². The summed E-state index contributed by atoms with van der Waals surface area (Å²) in [5.41, 5.74) is 0. The van der Waals surface area contributed by atoms with E-state index in [4.69, 9.17) is 14.2 Å². The van der Waals surface area contributed by atoms with E-state index in [2.05, 4.69) is 0 Å². The van der Waals surface area contributed by atoms with Crippen LogP contribution in [0.5, 0.6) is 0 Å². The average molecular weight is 160 g/mol. The lowest BCUT2D eigenvalue weighted by Gasteiger charge is -2.13. The van der Waals surface area contributed by atoms with Crippen LogP contribution in [0.15, 0.2) is 0 Å². The molecule has 2 aliphatic rings. The summed E-state index contributed by atoms with van der Waals surface area (Å²) < 4.78 is 15.5. The van der Waals surface area contributed by atoms with E-state index in [-0.39, 0.29) is 31.9 Å². The van der Waals surface area contributed by atoms with E-state index < -0.39 is 0 Å². The maximum Gasteiger partial charge on any atom is 0.150 e. The van der Waals surface area contributed by atoms with Crippen molar-refractivity contribution in [3.8, 4) is 0 Å². The summed E-state index contributed by atoms with van der Waals surface area (Å²) in [6, 6.07) is 0. The number of hydrogen-bond donors (Lipinski definition) is 1. The first-order chi connectivity index (χ1) is 5.36. The lowest BCUT2D eigenvalue weighted by atomic mass is 10.3. The van der Waals surface area contributed by atoms with Crippen molar-refractivity contribution in [2.75, 3.05) is 13.6 Å². The first-order valence-electron chi connectivity index (χ1n) is 3.85. The van der Waals surface area contributed by atoms with Crippen LogP contribution < -0.4 is 0 Å². The van der Waals surface area contributed by atoms with Gasteiger partial charge in [0, 0.05) is 12.8 Å². The number of aliphatic hydroxyl groups is 1. The minimum absolute atomic E-state index is 0.0347. The Kier molecular flexibility index (Phi) is 2.09. The molecule has 2 rings (SSSR count). The third-order valence-corrected chi connectivity index (χ3v) is 2.15. The van der Waals surface area contributed by atoms with E-state index in [1.165, 1.54) is 0 Å². The second-order valence-electron chi connectivity index (χ2n) is 2.98. The van der Waals surface area contributed by atoms with Gasteiger partial charge in [-0.2, -0.15) is 0 Å². The Bertz CT molecular complexity index is 124. The van der Waals surface area contributed by atoms with Gasteiger partial charge in [0.2, 0.25) is 0 Å². The van der Waals surface area contributed by atoms with Crippen LogP contribution in [0.3, 0.4) is 0 Å². The molecular formula is C7H12O4. The van der Waals surface area contributed by atoms with Crippen LogP contribution >= 0.6 is 0 Å².